The van der Waals surface area contributed by atoms with E-state index in [4.69, 9.17) is 5.73 Å². The Morgan fingerprint density at radius 1 is 1.73 bits per heavy atom. The molecule has 1 atom stereocenters. The fourth-order valence-electron chi connectivity index (χ4n) is 1.71. The highest BCUT2D eigenvalue weighted by Gasteiger charge is 2.16. The molecule has 1 aromatic heterocycles. The van der Waals surface area contributed by atoms with Crippen LogP contribution in [-0.2, 0) is 6.42 Å². The van der Waals surface area contributed by atoms with Crippen molar-refractivity contribution in [2.75, 3.05) is 5.73 Å². The number of hydrogen-bond acceptors (Lipinski definition) is 2. The van der Waals surface area contributed by atoms with Gasteiger partial charge in [0.15, 0.2) is 0 Å². The molecule has 0 fully saturated rings. The Bertz CT molecular complexity index is 264. The largest absolute Gasteiger partial charge is 0.382 e. The van der Waals surface area contributed by atoms with Crippen LogP contribution in [0.5, 0.6) is 0 Å². The lowest BCUT2D eigenvalue weighted by atomic mass is 10.1. The highest BCUT2D eigenvalue weighted by Crippen LogP contribution is 2.24. The highest BCUT2D eigenvalue weighted by molar-refractivity contribution is 5.27. The molecular weight excluding hydrogens is 138 g/mol. The van der Waals surface area contributed by atoms with Crippen molar-refractivity contribution in [1.82, 2.24) is 9.55 Å². The molecule has 0 bridgehead atoms. The monoisotopic (exact) mass is 151 g/mol. The van der Waals surface area contributed by atoms with Crippen LogP contribution in [-0.4, -0.2) is 9.55 Å². The fraction of sp³-hybridized carbons (Fsp3) is 0.625. The predicted molar refractivity (Wildman–Crippen MR) is 44.3 cm³/mol. The summed E-state index contributed by atoms with van der Waals surface area (Å²) in [7, 11) is 0. The van der Waals surface area contributed by atoms with E-state index in [0.717, 1.165) is 12.2 Å². The number of rotatable bonds is 0. The number of nitrogens with zero attached hydrogens (tertiary/aromatic N) is 2. The average Bonchev–Trinajstić information content (AvgIpc) is 2.31. The third-order valence-electron chi connectivity index (χ3n) is 2.32. The summed E-state index contributed by atoms with van der Waals surface area (Å²) in [6, 6.07) is 0.587. The number of fused-ring (bicyclic) bond motifs is 1. The van der Waals surface area contributed by atoms with Gasteiger partial charge >= 0.3 is 0 Å². The first-order valence-corrected chi connectivity index (χ1v) is 4.10. The van der Waals surface area contributed by atoms with E-state index in [-0.39, 0.29) is 0 Å². The normalized spacial score (nSPS) is 23.2. The minimum absolute atomic E-state index is 0.587. The average molecular weight is 151 g/mol. The minimum atomic E-state index is 0.587. The van der Waals surface area contributed by atoms with Gasteiger partial charge in [-0.15, -0.1) is 0 Å². The third-order valence-corrected chi connectivity index (χ3v) is 2.32. The van der Waals surface area contributed by atoms with E-state index >= 15 is 0 Å². The van der Waals surface area contributed by atoms with Gasteiger partial charge in [0.1, 0.15) is 11.6 Å². The van der Waals surface area contributed by atoms with E-state index in [2.05, 4.69) is 16.5 Å². The van der Waals surface area contributed by atoms with Crippen molar-refractivity contribution in [2.24, 2.45) is 0 Å². The SMILES string of the molecule is CC1CCCc2nc(N)cn21. The number of aromatic nitrogens is 2. The van der Waals surface area contributed by atoms with Gasteiger partial charge in [-0.3, -0.25) is 0 Å². The van der Waals surface area contributed by atoms with Crippen LogP contribution >= 0.6 is 0 Å². The van der Waals surface area contributed by atoms with Crippen LogP contribution in [0.3, 0.4) is 0 Å². The molecule has 1 aliphatic heterocycles. The number of anilines is 1. The molecule has 0 aliphatic carbocycles. The molecule has 0 saturated heterocycles. The van der Waals surface area contributed by atoms with Crippen LogP contribution in [0.25, 0.3) is 0 Å². The molecule has 2 rings (SSSR count). The van der Waals surface area contributed by atoms with Crippen LogP contribution in [0.2, 0.25) is 0 Å². The summed E-state index contributed by atoms with van der Waals surface area (Å²) in [5.74, 6) is 1.81. The quantitative estimate of drug-likeness (QED) is 0.608. The number of imidazole rings is 1. The molecule has 1 aliphatic rings. The summed E-state index contributed by atoms with van der Waals surface area (Å²) in [6.07, 6.45) is 5.53. The molecule has 3 nitrogen and oxygen atoms in total. The Balaban J connectivity index is 2.43. The van der Waals surface area contributed by atoms with E-state index in [1.54, 1.807) is 0 Å². The maximum Gasteiger partial charge on any atom is 0.141 e. The van der Waals surface area contributed by atoms with Gasteiger partial charge in [-0.05, 0) is 19.8 Å². The number of aryl methyl sites for hydroxylation is 1. The lowest BCUT2D eigenvalue weighted by Crippen LogP contribution is -2.14. The van der Waals surface area contributed by atoms with Crippen molar-refractivity contribution in [3.63, 3.8) is 0 Å². The first-order valence-electron chi connectivity index (χ1n) is 4.10. The molecule has 60 valence electrons. The predicted octanol–water partition coefficient (Wildman–Crippen LogP) is 1.36. The maximum atomic E-state index is 5.59. The van der Waals surface area contributed by atoms with Crippen LogP contribution in [0.1, 0.15) is 31.6 Å². The van der Waals surface area contributed by atoms with E-state index in [0.29, 0.717) is 11.9 Å². The summed E-state index contributed by atoms with van der Waals surface area (Å²) in [5, 5.41) is 0. The zero-order valence-electron chi connectivity index (χ0n) is 6.75. The van der Waals surface area contributed by atoms with E-state index in [1.807, 2.05) is 6.20 Å². The van der Waals surface area contributed by atoms with Crippen molar-refractivity contribution >= 4 is 5.82 Å². The molecule has 0 spiro atoms. The summed E-state index contributed by atoms with van der Waals surface area (Å²) in [6.45, 7) is 2.21. The van der Waals surface area contributed by atoms with Gasteiger partial charge in [-0.2, -0.15) is 0 Å². The van der Waals surface area contributed by atoms with Crippen LogP contribution in [0.15, 0.2) is 6.20 Å². The Kier molecular flexibility index (Phi) is 1.37. The van der Waals surface area contributed by atoms with Gasteiger partial charge in [-0.1, -0.05) is 0 Å². The standard InChI is InChI=1S/C8H13N3/c1-6-3-2-4-8-10-7(9)5-11(6)8/h5-6H,2-4,9H2,1H3. The second-order valence-electron chi connectivity index (χ2n) is 3.23. The molecule has 0 radical (unpaired) electrons. The summed E-state index contributed by atoms with van der Waals surface area (Å²) < 4.78 is 2.19. The van der Waals surface area contributed by atoms with Gasteiger partial charge in [-0.25, -0.2) is 4.98 Å². The van der Waals surface area contributed by atoms with E-state index in [9.17, 15) is 0 Å². The van der Waals surface area contributed by atoms with Crippen molar-refractivity contribution in [3.8, 4) is 0 Å². The lowest BCUT2D eigenvalue weighted by molar-refractivity contribution is 0.426. The van der Waals surface area contributed by atoms with E-state index in [1.165, 1.54) is 12.8 Å². The molecule has 3 heteroatoms. The lowest BCUT2D eigenvalue weighted by Gasteiger charge is -2.20. The maximum absolute atomic E-state index is 5.59. The Morgan fingerprint density at radius 2 is 2.55 bits per heavy atom. The zero-order chi connectivity index (χ0) is 7.84. The Labute approximate surface area is 66.2 Å². The van der Waals surface area contributed by atoms with Crippen molar-refractivity contribution in [3.05, 3.63) is 12.0 Å². The molecule has 2 heterocycles. The number of nitrogen functional groups attached to an aromatic ring is 1. The summed E-state index contributed by atoms with van der Waals surface area (Å²) >= 11 is 0. The number of nitrogens with two attached hydrogens (primary N) is 1. The minimum Gasteiger partial charge on any atom is -0.382 e. The summed E-state index contributed by atoms with van der Waals surface area (Å²) in [4.78, 5) is 4.24. The molecule has 0 amide bonds. The second-order valence-corrected chi connectivity index (χ2v) is 3.23. The Hall–Kier alpha value is -0.990. The van der Waals surface area contributed by atoms with Gasteiger partial charge in [0.05, 0.1) is 0 Å². The van der Waals surface area contributed by atoms with Crippen LogP contribution in [0.4, 0.5) is 5.82 Å². The van der Waals surface area contributed by atoms with Crippen LogP contribution < -0.4 is 5.73 Å². The van der Waals surface area contributed by atoms with Crippen molar-refractivity contribution < 1.29 is 0 Å². The van der Waals surface area contributed by atoms with Crippen LogP contribution in [0, 0.1) is 0 Å². The molecule has 11 heavy (non-hydrogen) atoms. The molecular formula is C8H13N3. The van der Waals surface area contributed by atoms with Crippen molar-refractivity contribution in [2.45, 2.75) is 32.2 Å². The summed E-state index contributed by atoms with van der Waals surface area (Å²) in [5.41, 5.74) is 5.59. The molecule has 0 aromatic carbocycles. The first kappa shape index (κ1) is 6.70. The topological polar surface area (TPSA) is 43.8 Å². The molecule has 2 N–H and O–H groups in total. The smallest absolute Gasteiger partial charge is 0.141 e. The molecule has 1 unspecified atom stereocenters. The highest BCUT2D eigenvalue weighted by atomic mass is 15.1. The first-order chi connectivity index (χ1) is 5.27. The van der Waals surface area contributed by atoms with E-state index < -0.39 is 0 Å². The van der Waals surface area contributed by atoms with Gasteiger partial charge < -0.3 is 10.3 Å². The molecule has 1 aromatic rings. The number of hydrogen-bond donors (Lipinski definition) is 1. The van der Waals surface area contributed by atoms with Gasteiger partial charge in [0.2, 0.25) is 0 Å². The second kappa shape index (κ2) is 2.26. The van der Waals surface area contributed by atoms with Gasteiger partial charge in [0, 0.05) is 18.7 Å². The molecule has 0 saturated carbocycles. The Morgan fingerprint density at radius 3 is 3.27 bits per heavy atom. The fourth-order valence-corrected chi connectivity index (χ4v) is 1.71. The van der Waals surface area contributed by atoms with Crippen molar-refractivity contribution in [1.29, 1.82) is 0 Å². The zero-order valence-corrected chi connectivity index (χ0v) is 6.75. The van der Waals surface area contributed by atoms with Gasteiger partial charge in [0.25, 0.3) is 0 Å². The third kappa shape index (κ3) is 1.00.